The summed E-state index contributed by atoms with van der Waals surface area (Å²) in [5.41, 5.74) is 1.89. The number of aldehydes is 1. The number of carbonyl (C=O) groups excluding carboxylic acids is 5. The summed E-state index contributed by atoms with van der Waals surface area (Å²) in [5.74, 6) is -1.35. The molecule has 13 heteroatoms. The largest absolute Gasteiger partial charge is 0.391 e. The molecule has 45 heavy (non-hydrogen) atoms. The lowest BCUT2D eigenvalue weighted by Crippen LogP contribution is -2.66. The molecule has 0 aliphatic carbocycles. The van der Waals surface area contributed by atoms with E-state index in [-0.39, 0.29) is 36.4 Å². The molecule has 0 spiro atoms. The minimum atomic E-state index is -1.70. The zero-order valence-electron chi connectivity index (χ0n) is 25.1. The van der Waals surface area contributed by atoms with Crippen molar-refractivity contribution >= 4 is 47.1 Å². The minimum absolute atomic E-state index is 0.00128. The molecule has 4 amide bonds. The van der Waals surface area contributed by atoms with E-state index in [1.54, 1.807) is 6.08 Å². The Balaban J connectivity index is 1.49. The van der Waals surface area contributed by atoms with E-state index < -0.39 is 29.5 Å². The molecule has 2 aromatic carbocycles. The minimum Gasteiger partial charge on any atom is -0.391 e. The molecule has 1 saturated heterocycles. The van der Waals surface area contributed by atoms with Crippen LogP contribution in [0.5, 0.6) is 0 Å². The maximum absolute atomic E-state index is 13.5. The highest BCUT2D eigenvalue weighted by molar-refractivity contribution is 8.18. The Bertz CT molecular complexity index is 1560. The van der Waals surface area contributed by atoms with Gasteiger partial charge in [-0.05, 0) is 61.2 Å². The van der Waals surface area contributed by atoms with Crippen LogP contribution in [0.4, 0.5) is 4.79 Å². The van der Waals surface area contributed by atoms with Crippen LogP contribution in [0.1, 0.15) is 46.1 Å². The molecule has 2 heterocycles. The van der Waals surface area contributed by atoms with Crippen molar-refractivity contribution < 1.29 is 33.6 Å². The maximum atomic E-state index is 13.5. The van der Waals surface area contributed by atoms with Gasteiger partial charge in [-0.2, -0.15) is 0 Å². The Kier molecular flexibility index (Phi) is 11.0. The third-order valence-corrected chi connectivity index (χ3v) is 8.46. The van der Waals surface area contributed by atoms with Crippen molar-refractivity contribution in [2.75, 3.05) is 13.6 Å². The lowest BCUT2D eigenvalue weighted by atomic mass is 9.91. The SMILES string of the molecule is Cc1ccc(CNC(=O)[C@H](CCc2ccc(C=C3SC(=O)N(C)C3=O)cc2)N[C@@](C=O)(CNC(=O)c2ccon2)[C@@H](C)O)cc1. The molecule has 1 aliphatic heterocycles. The molecule has 0 radical (unpaired) electrons. The first-order valence-corrected chi connectivity index (χ1v) is 15.1. The number of aryl methyl sites for hydroxylation is 2. The van der Waals surface area contributed by atoms with Crippen molar-refractivity contribution in [2.45, 2.75) is 50.9 Å². The van der Waals surface area contributed by atoms with Crippen LogP contribution in [0.2, 0.25) is 0 Å². The summed E-state index contributed by atoms with van der Waals surface area (Å²) in [4.78, 5) is 63.9. The van der Waals surface area contributed by atoms with Gasteiger partial charge in [-0.3, -0.25) is 29.4 Å². The van der Waals surface area contributed by atoms with Crippen molar-refractivity contribution in [2.24, 2.45) is 0 Å². The maximum Gasteiger partial charge on any atom is 0.293 e. The molecule has 0 bridgehead atoms. The number of likely N-dealkylation sites (N-methyl/N-ethyl adjacent to an activating group) is 1. The zero-order chi connectivity index (χ0) is 32.6. The van der Waals surface area contributed by atoms with Gasteiger partial charge in [0, 0.05) is 26.2 Å². The number of aromatic nitrogens is 1. The molecule has 1 aliphatic rings. The van der Waals surface area contributed by atoms with E-state index in [0.29, 0.717) is 17.6 Å². The van der Waals surface area contributed by atoms with E-state index in [0.717, 1.165) is 38.9 Å². The normalized spacial score (nSPS) is 16.7. The van der Waals surface area contributed by atoms with Gasteiger partial charge in [0.25, 0.3) is 17.1 Å². The number of nitrogens with one attached hydrogen (secondary N) is 3. The molecule has 0 unspecified atom stereocenters. The van der Waals surface area contributed by atoms with Gasteiger partial charge in [-0.1, -0.05) is 59.3 Å². The number of hydrogen-bond acceptors (Lipinski definition) is 10. The second-order valence-corrected chi connectivity index (χ2v) is 11.8. The van der Waals surface area contributed by atoms with Gasteiger partial charge in [0.05, 0.1) is 17.1 Å². The Morgan fingerprint density at radius 3 is 2.33 bits per heavy atom. The highest BCUT2D eigenvalue weighted by Gasteiger charge is 2.39. The summed E-state index contributed by atoms with van der Waals surface area (Å²) in [7, 11) is 1.43. The number of aliphatic hydroxyl groups excluding tert-OH is 1. The van der Waals surface area contributed by atoms with Crippen LogP contribution in [0, 0.1) is 6.92 Å². The van der Waals surface area contributed by atoms with Crippen LogP contribution >= 0.6 is 11.8 Å². The highest BCUT2D eigenvalue weighted by atomic mass is 32.2. The van der Waals surface area contributed by atoms with Crippen molar-refractivity contribution in [1.29, 1.82) is 0 Å². The number of nitrogens with zero attached hydrogens (tertiary/aromatic N) is 2. The molecule has 0 saturated carbocycles. The highest BCUT2D eigenvalue weighted by Crippen LogP contribution is 2.31. The number of aliphatic hydroxyl groups is 1. The summed E-state index contributed by atoms with van der Waals surface area (Å²) in [6.45, 7) is 3.30. The number of thioether (sulfide) groups is 1. The Morgan fingerprint density at radius 2 is 1.76 bits per heavy atom. The van der Waals surface area contributed by atoms with Gasteiger partial charge in [-0.15, -0.1) is 0 Å². The van der Waals surface area contributed by atoms with Gasteiger partial charge < -0.3 is 25.1 Å². The van der Waals surface area contributed by atoms with Gasteiger partial charge in [0.1, 0.15) is 18.1 Å². The van der Waals surface area contributed by atoms with Crippen LogP contribution in [-0.2, 0) is 27.3 Å². The average Bonchev–Trinajstić information content (AvgIpc) is 3.66. The topological polar surface area (TPSA) is 171 Å². The van der Waals surface area contributed by atoms with Crippen molar-refractivity contribution in [3.05, 3.63) is 93.7 Å². The van der Waals surface area contributed by atoms with E-state index in [9.17, 15) is 29.1 Å². The van der Waals surface area contributed by atoms with Crippen LogP contribution in [0.3, 0.4) is 0 Å². The van der Waals surface area contributed by atoms with Gasteiger partial charge >= 0.3 is 0 Å². The molecule has 4 N–H and O–H groups in total. The number of amides is 4. The van der Waals surface area contributed by atoms with Gasteiger partial charge in [-0.25, -0.2) is 0 Å². The zero-order valence-corrected chi connectivity index (χ0v) is 25.9. The Morgan fingerprint density at radius 1 is 1.07 bits per heavy atom. The summed E-state index contributed by atoms with van der Waals surface area (Å²) in [6.07, 6.45) is 2.76. The summed E-state index contributed by atoms with van der Waals surface area (Å²) in [5, 5.41) is 22.5. The fraction of sp³-hybridized carbons (Fsp3) is 0.312. The molecular weight excluding hydrogens is 598 g/mol. The lowest BCUT2D eigenvalue weighted by Gasteiger charge is -2.36. The van der Waals surface area contributed by atoms with Crippen LogP contribution < -0.4 is 16.0 Å². The van der Waals surface area contributed by atoms with E-state index >= 15 is 0 Å². The fourth-order valence-electron chi connectivity index (χ4n) is 4.54. The molecule has 12 nitrogen and oxygen atoms in total. The second kappa shape index (κ2) is 14.9. The van der Waals surface area contributed by atoms with Gasteiger partial charge in [0.2, 0.25) is 5.91 Å². The standard InChI is InChI=1S/C32H35N5O7S/c1-20-4-6-24(7-5-20)17-33-28(40)25(35-32(19-38,21(2)39)18-34-29(41)26-14-15-44-36-26)13-12-22-8-10-23(11-9-22)16-27-30(42)37(3)31(43)45-27/h4-11,14-16,19,21,25,35,39H,12-13,17-18H2,1-3H3,(H,33,40)(H,34,41)/t21-,25+,32-/m1/s1. The first-order valence-electron chi connectivity index (χ1n) is 14.3. The summed E-state index contributed by atoms with van der Waals surface area (Å²) >= 11 is 0.879. The van der Waals surface area contributed by atoms with Crippen molar-refractivity contribution in [3.8, 4) is 0 Å². The lowest BCUT2D eigenvalue weighted by molar-refractivity contribution is -0.126. The van der Waals surface area contributed by atoms with Crippen molar-refractivity contribution in [1.82, 2.24) is 26.0 Å². The molecule has 236 valence electrons. The first-order chi connectivity index (χ1) is 21.5. The van der Waals surface area contributed by atoms with E-state index in [1.807, 2.05) is 55.5 Å². The number of rotatable bonds is 14. The molecular formula is C32H35N5O7S. The molecule has 3 atom stereocenters. The third kappa shape index (κ3) is 8.53. The summed E-state index contributed by atoms with van der Waals surface area (Å²) < 4.78 is 4.70. The fourth-order valence-corrected chi connectivity index (χ4v) is 5.37. The third-order valence-electron chi connectivity index (χ3n) is 7.50. The van der Waals surface area contributed by atoms with Crippen LogP contribution in [0.15, 0.2) is 70.3 Å². The number of benzene rings is 2. The van der Waals surface area contributed by atoms with E-state index in [2.05, 4.69) is 21.1 Å². The smallest absolute Gasteiger partial charge is 0.293 e. The second-order valence-electron chi connectivity index (χ2n) is 10.8. The van der Waals surface area contributed by atoms with Crippen LogP contribution in [0.25, 0.3) is 6.08 Å². The Labute approximate surface area is 264 Å². The molecule has 4 rings (SSSR count). The number of imide groups is 1. The van der Waals surface area contributed by atoms with Gasteiger partial charge in [0.15, 0.2) is 5.69 Å². The van der Waals surface area contributed by atoms with Crippen LogP contribution in [-0.4, -0.2) is 75.7 Å². The number of hydrogen-bond donors (Lipinski definition) is 4. The quantitative estimate of drug-likeness (QED) is 0.153. The number of carbonyl (C=O) groups is 5. The van der Waals surface area contributed by atoms with E-state index in [4.69, 9.17) is 4.52 Å². The molecule has 1 aromatic heterocycles. The predicted octanol–water partition coefficient (Wildman–Crippen LogP) is 2.60. The van der Waals surface area contributed by atoms with Crippen molar-refractivity contribution in [3.63, 3.8) is 0 Å². The Hall–Kier alpha value is -4.59. The molecule has 3 aromatic rings. The first kappa shape index (κ1) is 33.3. The monoisotopic (exact) mass is 633 g/mol. The average molecular weight is 634 g/mol. The van der Waals surface area contributed by atoms with E-state index in [1.165, 1.54) is 26.3 Å². The predicted molar refractivity (Wildman–Crippen MR) is 168 cm³/mol. The molecule has 1 fully saturated rings. The summed E-state index contributed by atoms with van der Waals surface area (Å²) in [6, 6.07) is 15.4.